The summed E-state index contributed by atoms with van der Waals surface area (Å²) in [6, 6.07) is 21.6. The summed E-state index contributed by atoms with van der Waals surface area (Å²) in [5, 5.41) is 8.22. The Morgan fingerprint density at radius 2 is 1.69 bits per heavy atom. The third kappa shape index (κ3) is 3.92. The molecule has 2 N–H and O–H groups in total. The van der Waals surface area contributed by atoms with Crippen molar-refractivity contribution < 1.29 is 4.79 Å². The molecule has 26 heavy (non-hydrogen) atoms. The van der Waals surface area contributed by atoms with E-state index in [9.17, 15) is 4.79 Å². The zero-order valence-corrected chi connectivity index (χ0v) is 15.8. The van der Waals surface area contributed by atoms with Crippen LogP contribution in [0, 0.1) is 0 Å². The zero-order chi connectivity index (χ0) is 18.5. The Morgan fingerprint density at radius 1 is 1.00 bits per heavy atom. The second kappa shape index (κ2) is 8.11. The maximum atomic E-state index is 12.7. The van der Waals surface area contributed by atoms with Gasteiger partial charge in [0.1, 0.15) is 0 Å². The van der Waals surface area contributed by atoms with Crippen molar-refractivity contribution in [3.05, 3.63) is 77.9 Å². The topological polar surface area (TPSA) is 41.1 Å². The molecule has 3 rings (SSSR count). The molecule has 0 bridgehead atoms. The summed E-state index contributed by atoms with van der Waals surface area (Å²) in [5.74, 6) is 0.204. The SMILES string of the molecule is CC[C@H](C)c1ccccc1NC(=S)NC(=O)c1cccc2ccccc12. The molecule has 3 nitrogen and oxygen atoms in total. The standard InChI is InChI=1S/C22H22N2OS/c1-3-15(2)17-11-6-7-14-20(17)23-22(26)24-21(25)19-13-8-10-16-9-4-5-12-18(16)19/h4-15H,3H2,1-2H3,(H2,23,24,25,26)/t15-/m0/s1. The maximum absolute atomic E-state index is 12.7. The van der Waals surface area contributed by atoms with Crippen LogP contribution in [0.2, 0.25) is 0 Å². The molecular formula is C22H22N2OS. The molecule has 0 aliphatic rings. The van der Waals surface area contributed by atoms with E-state index >= 15 is 0 Å². The fraction of sp³-hybridized carbons (Fsp3) is 0.182. The molecule has 0 aliphatic heterocycles. The highest BCUT2D eigenvalue weighted by Gasteiger charge is 2.13. The molecular weight excluding hydrogens is 340 g/mol. The third-order valence-electron chi connectivity index (χ3n) is 4.61. The summed E-state index contributed by atoms with van der Waals surface area (Å²) in [4.78, 5) is 12.7. The highest BCUT2D eigenvalue weighted by Crippen LogP contribution is 2.26. The summed E-state index contributed by atoms with van der Waals surface area (Å²) < 4.78 is 0. The Bertz CT molecular complexity index is 946. The van der Waals surface area contributed by atoms with Crippen LogP contribution >= 0.6 is 12.2 Å². The summed E-state index contributed by atoms with van der Waals surface area (Å²) in [5.41, 5.74) is 2.74. The molecule has 0 heterocycles. The van der Waals surface area contributed by atoms with E-state index in [1.165, 1.54) is 5.56 Å². The summed E-state index contributed by atoms with van der Waals surface area (Å²) in [6.45, 7) is 4.33. The molecule has 0 unspecified atom stereocenters. The monoisotopic (exact) mass is 362 g/mol. The summed E-state index contributed by atoms with van der Waals surface area (Å²) >= 11 is 5.37. The number of nitrogens with one attached hydrogen (secondary N) is 2. The molecule has 0 aliphatic carbocycles. The van der Waals surface area contributed by atoms with Crippen LogP contribution in [0.5, 0.6) is 0 Å². The number of carbonyl (C=O) groups is 1. The molecule has 4 heteroatoms. The van der Waals surface area contributed by atoms with Gasteiger partial charge in [-0.05, 0) is 53.0 Å². The van der Waals surface area contributed by atoms with Crippen LogP contribution in [0.4, 0.5) is 5.69 Å². The average molecular weight is 362 g/mol. The predicted octanol–water partition coefficient (Wildman–Crippen LogP) is 5.48. The van der Waals surface area contributed by atoms with Gasteiger partial charge in [-0.15, -0.1) is 0 Å². The van der Waals surface area contributed by atoms with Crippen LogP contribution in [0.15, 0.2) is 66.7 Å². The van der Waals surface area contributed by atoms with Crippen LogP contribution in [-0.4, -0.2) is 11.0 Å². The fourth-order valence-corrected chi connectivity index (χ4v) is 3.21. The summed E-state index contributed by atoms with van der Waals surface area (Å²) in [7, 11) is 0. The third-order valence-corrected chi connectivity index (χ3v) is 4.82. The molecule has 0 radical (unpaired) electrons. The van der Waals surface area contributed by atoms with Gasteiger partial charge in [0.2, 0.25) is 0 Å². The van der Waals surface area contributed by atoms with Gasteiger partial charge in [-0.3, -0.25) is 10.1 Å². The minimum atomic E-state index is -0.208. The highest BCUT2D eigenvalue weighted by atomic mass is 32.1. The number of rotatable bonds is 4. The van der Waals surface area contributed by atoms with Gasteiger partial charge in [0, 0.05) is 11.3 Å². The Kier molecular flexibility index (Phi) is 5.64. The average Bonchev–Trinajstić information content (AvgIpc) is 2.67. The lowest BCUT2D eigenvalue weighted by molar-refractivity contribution is 0.0979. The first-order valence-electron chi connectivity index (χ1n) is 8.79. The number of fused-ring (bicyclic) bond motifs is 1. The van der Waals surface area contributed by atoms with Crippen molar-refractivity contribution >= 4 is 39.7 Å². The lowest BCUT2D eigenvalue weighted by atomic mass is 9.97. The number of anilines is 1. The number of hydrogen-bond acceptors (Lipinski definition) is 2. The quantitative estimate of drug-likeness (QED) is 0.604. The molecule has 1 atom stereocenters. The second-order valence-electron chi connectivity index (χ2n) is 6.33. The van der Waals surface area contributed by atoms with Gasteiger partial charge in [0.25, 0.3) is 5.91 Å². The van der Waals surface area contributed by atoms with E-state index in [0.29, 0.717) is 16.6 Å². The second-order valence-corrected chi connectivity index (χ2v) is 6.74. The van der Waals surface area contributed by atoms with E-state index < -0.39 is 0 Å². The Morgan fingerprint density at radius 3 is 2.50 bits per heavy atom. The van der Waals surface area contributed by atoms with E-state index in [1.807, 2.05) is 60.7 Å². The highest BCUT2D eigenvalue weighted by molar-refractivity contribution is 7.80. The van der Waals surface area contributed by atoms with E-state index in [2.05, 4.69) is 30.5 Å². The Balaban J connectivity index is 1.77. The van der Waals surface area contributed by atoms with Gasteiger partial charge in [-0.25, -0.2) is 0 Å². The number of benzene rings is 3. The molecule has 0 aromatic heterocycles. The first kappa shape index (κ1) is 18.1. The predicted molar refractivity (Wildman–Crippen MR) is 113 cm³/mol. The van der Waals surface area contributed by atoms with Crippen molar-refractivity contribution in [3.63, 3.8) is 0 Å². The largest absolute Gasteiger partial charge is 0.332 e. The van der Waals surface area contributed by atoms with Crippen molar-refractivity contribution in [2.24, 2.45) is 0 Å². The number of carbonyl (C=O) groups excluding carboxylic acids is 1. The molecule has 0 spiro atoms. The van der Waals surface area contributed by atoms with Gasteiger partial charge in [0.15, 0.2) is 5.11 Å². The van der Waals surface area contributed by atoms with Gasteiger partial charge in [-0.1, -0.05) is 68.4 Å². The van der Waals surface area contributed by atoms with E-state index in [-0.39, 0.29) is 5.91 Å². The fourth-order valence-electron chi connectivity index (χ4n) is 3.01. The molecule has 0 saturated carbocycles. The lowest BCUT2D eigenvalue weighted by Crippen LogP contribution is -2.34. The van der Waals surface area contributed by atoms with Crippen molar-refractivity contribution in [3.8, 4) is 0 Å². The van der Waals surface area contributed by atoms with Gasteiger partial charge in [0.05, 0.1) is 0 Å². The van der Waals surface area contributed by atoms with E-state index in [0.717, 1.165) is 22.9 Å². The van der Waals surface area contributed by atoms with Crippen molar-refractivity contribution in [2.75, 3.05) is 5.32 Å². The Labute approximate surface area is 159 Å². The number of amides is 1. The minimum absolute atomic E-state index is 0.208. The first-order valence-corrected chi connectivity index (χ1v) is 9.20. The van der Waals surface area contributed by atoms with Crippen molar-refractivity contribution in [1.82, 2.24) is 5.32 Å². The number of thiocarbonyl (C=S) groups is 1. The van der Waals surface area contributed by atoms with E-state index in [1.54, 1.807) is 0 Å². The van der Waals surface area contributed by atoms with Crippen molar-refractivity contribution in [2.45, 2.75) is 26.2 Å². The number of hydrogen-bond donors (Lipinski definition) is 2. The molecule has 132 valence electrons. The van der Waals surface area contributed by atoms with Crippen LogP contribution < -0.4 is 10.6 Å². The van der Waals surface area contributed by atoms with Crippen molar-refractivity contribution in [1.29, 1.82) is 0 Å². The lowest BCUT2D eigenvalue weighted by Gasteiger charge is -2.17. The van der Waals surface area contributed by atoms with Crippen LogP contribution in [0.1, 0.15) is 42.1 Å². The van der Waals surface area contributed by atoms with Gasteiger partial charge in [-0.2, -0.15) is 0 Å². The molecule has 1 amide bonds. The van der Waals surface area contributed by atoms with Crippen LogP contribution in [0.3, 0.4) is 0 Å². The van der Waals surface area contributed by atoms with Gasteiger partial charge >= 0.3 is 0 Å². The van der Waals surface area contributed by atoms with E-state index in [4.69, 9.17) is 12.2 Å². The number of para-hydroxylation sites is 1. The first-order chi connectivity index (χ1) is 12.6. The minimum Gasteiger partial charge on any atom is -0.332 e. The van der Waals surface area contributed by atoms with Gasteiger partial charge < -0.3 is 5.32 Å². The summed E-state index contributed by atoms with van der Waals surface area (Å²) in [6.07, 6.45) is 1.04. The molecule has 3 aromatic rings. The zero-order valence-electron chi connectivity index (χ0n) is 15.0. The van der Waals surface area contributed by atoms with Crippen LogP contribution in [-0.2, 0) is 0 Å². The normalized spacial score (nSPS) is 11.8. The smallest absolute Gasteiger partial charge is 0.258 e. The Hall–Kier alpha value is -2.72. The maximum Gasteiger partial charge on any atom is 0.258 e. The molecule has 3 aromatic carbocycles. The molecule has 0 fully saturated rings. The molecule has 0 saturated heterocycles. The van der Waals surface area contributed by atoms with Crippen LogP contribution in [0.25, 0.3) is 10.8 Å².